The maximum atomic E-state index is 12.5. The molecular weight excluding hydrogens is 446 g/mol. The molecule has 0 aliphatic rings. The highest BCUT2D eigenvalue weighted by Gasteiger charge is 2.13. The fraction of sp³-hybridized carbons (Fsp3) is 0.179. The largest absolute Gasteiger partial charge is 0.489 e. The fourth-order valence-electron chi connectivity index (χ4n) is 4.08. The summed E-state index contributed by atoms with van der Waals surface area (Å²) < 4.78 is 21.9. The minimum atomic E-state index is -0.481. The van der Waals surface area contributed by atoms with Gasteiger partial charge in [-0.05, 0) is 48.4 Å². The molecule has 0 radical (unpaired) electrons. The van der Waals surface area contributed by atoms with Crippen LogP contribution in [-0.4, -0.2) is 11.1 Å². The molecule has 7 nitrogen and oxygen atoms in total. The van der Waals surface area contributed by atoms with Gasteiger partial charge in [0.25, 0.3) is 0 Å². The van der Waals surface area contributed by atoms with Crippen molar-refractivity contribution in [1.82, 2.24) is 5.16 Å². The molecule has 7 heteroatoms. The van der Waals surface area contributed by atoms with Crippen LogP contribution in [0.3, 0.4) is 0 Å². The van der Waals surface area contributed by atoms with Crippen molar-refractivity contribution in [3.05, 3.63) is 105 Å². The molecule has 0 atom stereocenters. The molecule has 5 rings (SSSR count). The number of aromatic nitrogens is 1. The maximum absolute atomic E-state index is 12.5. The average Bonchev–Trinajstić information content (AvgIpc) is 3.18. The molecule has 35 heavy (non-hydrogen) atoms. The number of nitrogens with zero attached hydrogens (tertiary/aromatic N) is 1. The Kier molecular flexibility index (Phi) is 6.06. The van der Waals surface area contributed by atoms with Crippen molar-refractivity contribution in [3.8, 4) is 5.75 Å². The SMILES string of the molecule is Cc1noc(C)c1COc1ccc(CC(=O)OCc2cc(=O)oc3ccc4ccccc4c23)cc1. The number of hydrogen-bond donors (Lipinski definition) is 0. The van der Waals surface area contributed by atoms with E-state index in [1.807, 2.05) is 68.4 Å². The highest BCUT2D eigenvalue weighted by atomic mass is 16.5. The first kappa shape index (κ1) is 22.4. The van der Waals surface area contributed by atoms with E-state index in [4.69, 9.17) is 18.4 Å². The standard InChI is InChI=1S/C28H23NO6/c1-17-24(18(2)35-29-17)16-32-22-10-7-19(8-11-22)13-26(30)33-15-21-14-27(31)34-25-12-9-20-5-3-4-6-23(20)28(21)25/h3-12,14H,13,15-16H2,1-2H3. The molecule has 3 aromatic carbocycles. The Bertz CT molecular complexity index is 1560. The third-order valence-electron chi connectivity index (χ3n) is 5.94. The van der Waals surface area contributed by atoms with Crippen molar-refractivity contribution in [2.24, 2.45) is 0 Å². The second-order valence-electron chi connectivity index (χ2n) is 8.32. The first-order valence-electron chi connectivity index (χ1n) is 11.2. The number of rotatable bonds is 7. The normalized spacial score (nSPS) is 11.1. The number of aryl methyl sites for hydroxylation is 2. The van der Waals surface area contributed by atoms with E-state index in [0.717, 1.165) is 38.7 Å². The zero-order chi connectivity index (χ0) is 24.4. The summed E-state index contributed by atoms with van der Waals surface area (Å²) in [4.78, 5) is 24.6. The molecular formula is C28H23NO6. The molecule has 0 N–H and O–H groups in total. The molecule has 0 unspecified atom stereocenters. The monoisotopic (exact) mass is 469 g/mol. The van der Waals surface area contributed by atoms with Crippen LogP contribution in [0.4, 0.5) is 0 Å². The second-order valence-corrected chi connectivity index (χ2v) is 8.32. The lowest BCUT2D eigenvalue weighted by molar-refractivity contribution is -0.144. The van der Waals surface area contributed by atoms with Gasteiger partial charge in [-0.15, -0.1) is 0 Å². The van der Waals surface area contributed by atoms with Crippen LogP contribution in [0.25, 0.3) is 21.7 Å². The van der Waals surface area contributed by atoms with Crippen LogP contribution in [0, 0.1) is 13.8 Å². The third-order valence-corrected chi connectivity index (χ3v) is 5.94. The first-order valence-corrected chi connectivity index (χ1v) is 11.2. The summed E-state index contributed by atoms with van der Waals surface area (Å²) in [7, 11) is 0. The summed E-state index contributed by atoms with van der Waals surface area (Å²) in [6.07, 6.45) is 0.101. The van der Waals surface area contributed by atoms with Gasteiger partial charge in [0.2, 0.25) is 0 Å². The molecule has 0 fully saturated rings. The quantitative estimate of drug-likeness (QED) is 0.179. The van der Waals surface area contributed by atoms with Gasteiger partial charge < -0.3 is 18.4 Å². The molecule has 0 saturated heterocycles. The molecule has 0 amide bonds. The van der Waals surface area contributed by atoms with Crippen molar-refractivity contribution in [1.29, 1.82) is 0 Å². The molecule has 0 saturated carbocycles. The average molecular weight is 469 g/mol. The number of ether oxygens (including phenoxy) is 2. The smallest absolute Gasteiger partial charge is 0.336 e. The summed E-state index contributed by atoms with van der Waals surface area (Å²) in [5, 5.41) is 6.64. The zero-order valence-electron chi connectivity index (χ0n) is 19.4. The van der Waals surface area contributed by atoms with E-state index < -0.39 is 11.6 Å². The van der Waals surface area contributed by atoms with Crippen molar-refractivity contribution in [2.75, 3.05) is 0 Å². The minimum Gasteiger partial charge on any atom is -0.489 e. The number of hydrogen-bond acceptors (Lipinski definition) is 7. The number of esters is 1. The summed E-state index contributed by atoms with van der Waals surface area (Å²) >= 11 is 0. The Labute approximate surface area is 200 Å². The third kappa shape index (κ3) is 4.80. The van der Waals surface area contributed by atoms with Crippen LogP contribution in [0.15, 0.2) is 80.5 Å². The predicted octanol–water partition coefficient (Wildman–Crippen LogP) is 5.42. The molecule has 0 aliphatic carbocycles. The van der Waals surface area contributed by atoms with Gasteiger partial charge in [0.15, 0.2) is 0 Å². The van der Waals surface area contributed by atoms with E-state index in [0.29, 0.717) is 23.5 Å². The zero-order valence-corrected chi connectivity index (χ0v) is 19.4. The Hall–Kier alpha value is -4.39. The van der Waals surface area contributed by atoms with Crippen molar-refractivity contribution in [3.63, 3.8) is 0 Å². The summed E-state index contributed by atoms with van der Waals surface area (Å²) in [6.45, 7) is 4.06. The Morgan fingerprint density at radius 3 is 2.54 bits per heavy atom. The van der Waals surface area contributed by atoms with Gasteiger partial charge in [-0.25, -0.2) is 4.79 Å². The van der Waals surface area contributed by atoms with Crippen molar-refractivity contribution >= 4 is 27.7 Å². The minimum absolute atomic E-state index is 0.0203. The molecule has 2 heterocycles. The molecule has 0 aliphatic heterocycles. The number of fused-ring (bicyclic) bond motifs is 3. The topological polar surface area (TPSA) is 91.8 Å². The van der Waals surface area contributed by atoms with Gasteiger partial charge in [-0.1, -0.05) is 47.6 Å². The van der Waals surface area contributed by atoms with Crippen molar-refractivity contribution < 1.29 is 23.2 Å². The van der Waals surface area contributed by atoms with Crippen molar-refractivity contribution in [2.45, 2.75) is 33.5 Å². The van der Waals surface area contributed by atoms with Crippen LogP contribution in [0.1, 0.15) is 28.1 Å². The number of carbonyl (C=O) groups is 1. The number of carbonyl (C=O) groups excluding carboxylic acids is 1. The van der Waals surface area contributed by atoms with E-state index in [-0.39, 0.29) is 13.0 Å². The molecule has 0 spiro atoms. The Balaban J connectivity index is 1.25. The van der Waals surface area contributed by atoms with Gasteiger partial charge >= 0.3 is 11.6 Å². The van der Waals surface area contributed by atoms with Gasteiger partial charge in [0.05, 0.1) is 17.7 Å². The molecule has 176 valence electrons. The lowest BCUT2D eigenvalue weighted by atomic mass is 10.0. The van der Waals surface area contributed by atoms with Crippen LogP contribution >= 0.6 is 0 Å². The predicted molar refractivity (Wildman–Crippen MR) is 130 cm³/mol. The van der Waals surface area contributed by atoms with E-state index in [9.17, 15) is 9.59 Å². The highest BCUT2D eigenvalue weighted by molar-refractivity contribution is 6.07. The summed E-state index contributed by atoms with van der Waals surface area (Å²) in [5.41, 5.74) is 3.12. The first-order chi connectivity index (χ1) is 17.0. The summed E-state index contributed by atoms with van der Waals surface area (Å²) in [5.74, 6) is 1.02. The molecule has 5 aromatic rings. The second kappa shape index (κ2) is 9.46. The molecule has 0 bridgehead atoms. The Morgan fingerprint density at radius 1 is 0.971 bits per heavy atom. The molecule has 2 aromatic heterocycles. The van der Waals surface area contributed by atoms with Gasteiger partial charge in [-0.2, -0.15) is 0 Å². The van der Waals surface area contributed by atoms with Crippen LogP contribution in [-0.2, 0) is 29.2 Å². The van der Waals surface area contributed by atoms with Gasteiger partial charge in [-0.3, -0.25) is 4.79 Å². The van der Waals surface area contributed by atoms with E-state index in [2.05, 4.69) is 5.16 Å². The van der Waals surface area contributed by atoms with Gasteiger partial charge in [0.1, 0.15) is 30.3 Å². The highest BCUT2D eigenvalue weighted by Crippen LogP contribution is 2.28. The van der Waals surface area contributed by atoms with Crippen LogP contribution in [0.2, 0.25) is 0 Å². The van der Waals surface area contributed by atoms with Crippen LogP contribution in [0.5, 0.6) is 5.75 Å². The lowest BCUT2D eigenvalue weighted by Gasteiger charge is -2.10. The van der Waals surface area contributed by atoms with E-state index >= 15 is 0 Å². The fourth-order valence-corrected chi connectivity index (χ4v) is 4.08. The Morgan fingerprint density at radius 2 is 1.77 bits per heavy atom. The van der Waals surface area contributed by atoms with Crippen LogP contribution < -0.4 is 10.4 Å². The van der Waals surface area contributed by atoms with Gasteiger partial charge in [0, 0.05) is 17.0 Å². The number of benzene rings is 3. The summed E-state index contributed by atoms with van der Waals surface area (Å²) in [6, 6.07) is 20.1. The van der Waals surface area contributed by atoms with E-state index in [1.54, 1.807) is 6.07 Å². The maximum Gasteiger partial charge on any atom is 0.336 e. The lowest BCUT2D eigenvalue weighted by Crippen LogP contribution is -2.10. The van der Waals surface area contributed by atoms with E-state index in [1.165, 1.54) is 6.07 Å².